The minimum Gasteiger partial charge on any atom is -0.390 e. The van der Waals surface area contributed by atoms with E-state index in [9.17, 15) is 9.90 Å². The third-order valence-electron chi connectivity index (χ3n) is 4.32. The van der Waals surface area contributed by atoms with Gasteiger partial charge in [-0.05, 0) is 37.5 Å². The Morgan fingerprint density at radius 1 is 1.42 bits per heavy atom. The van der Waals surface area contributed by atoms with Crippen molar-refractivity contribution >= 4 is 5.78 Å². The molecule has 3 aliphatic rings. The largest absolute Gasteiger partial charge is 0.390 e. The molecule has 0 radical (unpaired) electrons. The molecule has 0 spiro atoms. The van der Waals surface area contributed by atoms with Crippen LogP contribution in [-0.2, 0) is 4.79 Å². The van der Waals surface area contributed by atoms with Gasteiger partial charge in [0, 0.05) is 12.3 Å². The molecular weight excluding hydrogens is 152 g/mol. The van der Waals surface area contributed by atoms with Crippen LogP contribution in [0.1, 0.15) is 32.1 Å². The van der Waals surface area contributed by atoms with Crippen LogP contribution in [0.3, 0.4) is 0 Å². The summed E-state index contributed by atoms with van der Waals surface area (Å²) in [6.45, 7) is 0. The minimum atomic E-state index is -0.345. The second-order valence-corrected chi connectivity index (χ2v) is 4.73. The molecule has 2 heteroatoms. The number of aliphatic hydroxyl groups is 1. The molecule has 0 aliphatic heterocycles. The Morgan fingerprint density at radius 3 is 3.00 bits per heavy atom. The van der Waals surface area contributed by atoms with Crippen molar-refractivity contribution in [2.45, 2.75) is 37.7 Å². The van der Waals surface area contributed by atoms with E-state index in [2.05, 4.69) is 0 Å². The number of ketones is 1. The van der Waals surface area contributed by atoms with Gasteiger partial charge in [-0.15, -0.1) is 0 Å². The van der Waals surface area contributed by atoms with Crippen LogP contribution in [0.15, 0.2) is 0 Å². The highest BCUT2D eigenvalue weighted by Gasteiger charge is 2.61. The zero-order chi connectivity index (χ0) is 8.34. The molecule has 1 N–H and O–H groups in total. The van der Waals surface area contributed by atoms with Gasteiger partial charge in [0.05, 0.1) is 5.60 Å². The highest BCUT2D eigenvalue weighted by molar-refractivity contribution is 5.83. The van der Waals surface area contributed by atoms with E-state index in [1.165, 1.54) is 0 Å². The van der Waals surface area contributed by atoms with Crippen molar-refractivity contribution in [3.8, 4) is 0 Å². The van der Waals surface area contributed by atoms with E-state index in [1.807, 2.05) is 0 Å². The lowest BCUT2D eigenvalue weighted by Gasteiger charge is -2.61. The van der Waals surface area contributed by atoms with Gasteiger partial charge in [0.15, 0.2) is 0 Å². The molecule has 2 bridgehead atoms. The van der Waals surface area contributed by atoms with Crippen LogP contribution in [-0.4, -0.2) is 16.5 Å². The highest BCUT2D eigenvalue weighted by atomic mass is 16.3. The van der Waals surface area contributed by atoms with Crippen LogP contribution in [0.4, 0.5) is 0 Å². The molecule has 0 aromatic carbocycles. The molecule has 3 rings (SSSR count). The smallest absolute Gasteiger partial charge is 0.136 e. The molecule has 0 saturated heterocycles. The Hall–Kier alpha value is -0.370. The zero-order valence-electron chi connectivity index (χ0n) is 7.12. The van der Waals surface area contributed by atoms with Crippen molar-refractivity contribution in [2.75, 3.05) is 0 Å². The quantitative estimate of drug-likeness (QED) is 0.585. The number of carbonyl (C=O) groups excluding carboxylic acids is 1. The summed E-state index contributed by atoms with van der Waals surface area (Å²) in [4.78, 5) is 11.5. The van der Waals surface area contributed by atoms with Gasteiger partial charge in [0.25, 0.3) is 0 Å². The van der Waals surface area contributed by atoms with Crippen LogP contribution in [0.25, 0.3) is 0 Å². The summed E-state index contributed by atoms with van der Waals surface area (Å²) in [5, 5.41) is 10.0. The molecule has 0 aromatic heterocycles. The van der Waals surface area contributed by atoms with Crippen molar-refractivity contribution < 1.29 is 9.90 Å². The number of hydrogen-bond acceptors (Lipinski definition) is 2. The van der Waals surface area contributed by atoms with Gasteiger partial charge in [0.2, 0.25) is 0 Å². The van der Waals surface area contributed by atoms with Gasteiger partial charge in [-0.25, -0.2) is 0 Å². The summed E-state index contributed by atoms with van der Waals surface area (Å²) in [5.74, 6) is 1.84. The first kappa shape index (κ1) is 7.07. The average Bonchev–Trinajstić information content (AvgIpc) is 2.02. The predicted molar refractivity (Wildman–Crippen MR) is 43.5 cm³/mol. The number of fused-ring (bicyclic) bond motifs is 2. The summed E-state index contributed by atoms with van der Waals surface area (Å²) < 4.78 is 0. The van der Waals surface area contributed by atoms with Crippen LogP contribution in [0.2, 0.25) is 0 Å². The fourth-order valence-corrected chi connectivity index (χ4v) is 3.64. The monoisotopic (exact) mass is 166 g/mol. The van der Waals surface area contributed by atoms with Gasteiger partial charge in [-0.1, -0.05) is 0 Å². The highest BCUT2D eigenvalue weighted by Crippen LogP contribution is 2.60. The van der Waals surface area contributed by atoms with Gasteiger partial charge < -0.3 is 5.11 Å². The van der Waals surface area contributed by atoms with E-state index >= 15 is 0 Å². The molecule has 3 fully saturated rings. The van der Waals surface area contributed by atoms with E-state index < -0.39 is 0 Å². The van der Waals surface area contributed by atoms with Crippen molar-refractivity contribution in [3.05, 3.63) is 0 Å². The molecule has 0 heterocycles. The summed E-state index contributed by atoms with van der Waals surface area (Å²) in [6, 6.07) is 0. The Kier molecular flexibility index (Phi) is 1.13. The first-order chi connectivity index (χ1) is 5.71. The molecule has 2 unspecified atom stereocenters. The van der Waals surface area contributed by atoms with Crippen molar-refractivity contribution in [2.24, 2.45) is 17.8 Å². The molecule has 12 heavy (non-hydrogen) atoms. The number of rotatable bonds is 0. The summed E-state index contributed by atoms with van der Waals surface area (Å²) in [5.41, 5.74) is -0.345. The molecule has 0 amide bonds. The second-order valence-electron chi connectivity index (χ2n) is 4.73. The first-order valence-corrected chi connectivity index (χ1v) is 4.96. The summed E-state index contributed by atoms with van der Waals surface area (Å²) >= 11 is 0. The standard InChI is InChI=1S/C10H14O2/c11-9-2-1-8-7-5-10(8,12)4-3-6(7)9/h6-8,12H,1-5H2/t6-,7?,8+,10?/m0/s1. The predicted octanol–water partition coefficient (Wildman–Crippen LogP) is 1.13. The lowest BCUT2D eigenvalue weighted by Crippen LogP contribution is -2.63. The molecule has 66 valence electrons. The lowest BCUT2D eigenvalue weighted by molar-refractivity contribution is -0.207. The maximum absolute atomic E-state index is 11.5. The van der Waals surface area contributed by atoms with E-state index in [0.29, 0.717) is 23.5 Å². The van der Waals surface area contributed by atoms with Gasteiger partial charge >= 0.3 is 0 Å². The maximum Gasteiger partial charge on any atom is 0.136 e. The second kappa shape index (κ2) is 1.92. The first-order valence-electron chi connectivity index (χ1n) is 4.96. The van der Waals surface area contributed by atoms with Gasteiger partial charge in [0.1, 0.15) is 5.78 Å². The number of hydrogen-bond donors (Lipinski definition) is 1. The Balaban J connectivity index is 1.94. The Labute approximate surface area is 72.0 Å². The van der Waals surface area contributed by atoms with Crippen molar-refractivity contribution in [1.82, 2.24) is 0 Å². The Morgan fingerprint density at radius 2 is 2.25 bits per heavy atom. The molecule has 3 saturated carbocycles. The van der Waals surface area contributed by atoms with Crippen molar-refractivity contribution in [1.29, 1.82) is 0 Å². The molecule has 3 aliphatic carbocycles. The SMILES string of the molecule is O=C1CC[C@@H]2C3CC2(O)CC[C@H]13. The maximum atomic E-state index is 11.5. The van der Waals surface area contributed by atoms with Crippen LogP contribution < -0.4 is 0 Å². The van der Waals surface area contributed by atoms with Crippen LogP contribution in [0, 0.1) is 17.8 Å². The summed E-state index contributed by atoms with van der Waals surface area (Å²) in [7, 11) is 0. The number of carbonyl (C=O) groups is 1. The van der Waals surface area contributed by atoms with Crippen molar-refractivity contribution in [3.63, 3.8) is 0 Å². The average molecular weight is 166 g/mol. The molecule has 2 nitrogen and oxygen atoms in total. The molecular formula is C10H14O2. The number of Topliss-reactive ketones (excluding diaryl/α,β-unsaturated/α-hetero) is 1. The van der Waals surface area contributed by atoms with E-state index in [1.54, 1.807) is 0 Å². The van der Waals surface area contributed by atoms with Gasteiger partial charge in [-0.3, -0.25) is 4.79 Å². The lowest BCUT2D eigenvalue weighted by atomic mass is 9.46. The van der Waals surface area contributed by atoms with Crippen LogP contribution >= 0.6 is 0 Å². The normalized spacial score (nSPS) is 56.4. The third-order valence-corrected chi connectivity index (χ3v) is 4.32. The minimum absolute atomic E-state index is 0.331. The topological polar surface area (TPSA) is 37.3 Å². The van der Waals surface area contributed by atoms with E-state index in [0.717, 1.165) is 32.1 Å². The fraction of sp³-hybridized carbons (Fsp3) is 0.900. The van der Waals surface area contributed by atoms with Gasteiger partial charge in [-0.2, -0.15) is 0 Å². The van der Waals surface area contributed by atoms with E-state index in [4.69, 9.17) is 0 Å². The van der Waals surface area contributed by atoms with E-state index in [-0.39, 0.29) is 5.60 Å². The summed E-state index contributed by atoms with van der Waals surface area (Å²) in [6.07, 6.45) is 4.43. The molecule has 4 atom stereocenters. The molecule has 0 aromatic rings. The fourth-order valence-electron chi connectivity index (χ4n) is 3.64. The Bertz CT molecular complexity index is 244. The zero-order valence-corrected chi connectivity index (χ0v) is 7.12. The van der Waals surface area contributed by atoms with Crippen LogP contribution in [0.5, 0.6) is 0 Å². The third kappa shape index (κ3) is 0.634.